The van der Waals surface area contributed by atoms with E-state index in [-0.39, 0.29) is 23.7 Å². The fraction of sp³-hybridized carbons (Fsp3) is 0.615. The molecule has 1 amide bonds. The van der Waals surface area contributed by atoms with Gasteiger partial charge >= 0.3 is 19.2 Å². The topological polar surface area (TPSA) is 105 Å². The van der Waals surface area contributed by atoms with Gasteiger partial charge in [0.2, 0.25) is 0 Å². The zero-order chi connectivity index (χ0) is 16.3. The van der Waals surface area contributed by atoms with Gasteiger partial charge in [-0.25, -0.2) is 14.8 Å². The summed E-state index contributed by atoms with van der Waals surface area (Å²) in [4.78, 5) is 21.3. The van der Waals surface area contributed by atoms with Gasteiger partial charge in [-0.1, -0.05) is 0 Å². The minimum absolute atomic E-state index is 0.139. The molecule has 2 N–H and O–H groups in total. The molecule has 0 aliphatic carbocycles. The van der Waals surface area contributed by atoms with Crippen molar-refractivity contribution in [3.05, 3.63) is 12.4 Å². The molecule has 1 aliphatic heterocycles. The average molecular weight is 309 g/mol. The van der Waals surface area contributed by atoms with E-state index in [2.05, 4.69) is 9.97 Å². The lowest BCUT2D eigenvalue weighted by Gasteiger charge is -2.24. The monoisotopic (exact) mass is 309 g/mol. The number of carbonyl (C=O) groups excluding carboxylic acids is 1. The van der Waals surface area contributed by atoms with Crippen molar-refractivity contribution in [2.24, 2.45) is 0 Å². The van der Waals surface area contributed by atoms with Crippen LogP contribution in [0, 0.1) is 0 Å². The Kier molecular flexibility index (Phi) is 4.87. The third-order valence-corrected chi connectivity index (χ3v) is 3.02. The lowest BCUT2D eigenvalue weighted by Crippen LogP contribution is -2.36. The summed E-state index contributed by atoms with van der Waals surface area (Å²) in [5.41, 5.74) is -0.339. The Morgan fingerprint density at radius 1 is 1.36 bits per heavy atom. The summed E-state index contributed by atoms with van der Waals surface area (Å²) < 4.78 is 10.9. The molecule has 1 saturated heterocycles. The maximum Gasteiger partial charge on any atom is 0.491 e. The number of amides is 1. The van der Waals surface area contributed by atoms with E-state index in [1.807, 2.05) is 20.8 Å². The molecule has 2 heterocycles. The first-order valence-corrected chi connectivity index (χ1v) is 7.07. The Morgan fingerprint density at radius 3 is 2.55 bits per heavy atom. The number of aromatic nitrogens is 2. The van der Waals surface area contributed by atoms with Crippen molar-refractivity contribution in [3.63, 3.8) is 0 Å². The van der Waals surface area contributed by atoms with Gasteiger partial charge in [0.25, 0.3) is 0 Å². The molecular formula is C13H20BN3O5. The van der Waals surface area contributed by atoms with Gasteiger partial charge in [-0.15, -0.1) is 0 Å². The zero-order valence-electron chi connectivity index (χ0n) is 12.9. The Balaban J connectivity index is 1.87. The maximum absolute atomic E-state index is 11.9. The smallest absolute Gasteiger partial charge is 0.458 e. The summed E-state index contributed by atoms with van der Waals surface area (Å²) in [6, 6.07) is 0.139. The second-order valence-electron chi connectivity index (χ2n) is 6.13. The van der Waals surface area contributed by atoms with Crippen LogP contribution in [0.4, 0.5) is 4.79 Å². The van der Waals surface area contributed by atoms with Gasteiger partial charge in [-0.05, 0) is 20.8 Å². The zero-order valence-corrected chi connectivity index (χ0v) is 12.9. The van der Waals surface area contributed by atoms with Crippen LogP contribution < -0.4 is 10.2 Å². The van der Waals surface area contributed by atoms with Crippen LogP contribution in [0.25, 0.3) is 0 Å². The van der Waals surface area contributed by atoms with Gasteiger partial charge in [-0.2, -0.15) is 0 Å². The highest BCUT2D eigenvalue weighted by molar-refractivity contribution is 6.58. The van der Waals surface area contributed by atoms with E-state index < -0.39 is 12.7 Å². The summed E-state index contributed by atoms with van der Waals surface area (Å²) >= 11 is 0. The van der Waals surface area contributed by atoms with Gasteiger partial charge in [0.05, 0.1) is 6.54 Å². The predicted molar refractivity (Wildman–Crippen MR) is 78.7 cm³/mol. The number of hydrogen-bond donors (Lipinski definition) is 2. The van der Waals surface area contributed by atoms with E-state index in [4.69, 9.17) is 19.5 Å². The van der Waals surface area contributed by atoms with Crippen molar-refractivity contribution in [2.75, 3.05) is 13.1 Å². The van der Waals surface area contributed by atoms with Crippen molar-refractivity contribution in [1.82, 2.24) is 14.9 Å². The number of nitrogens with zero attached hydrogens (tertiary/aromatic N) is 3. The molecule has 1 fully saturated rings. The number of ether oxygens (including phenoxy) is 2. The van der Waals surface area contributed by atoms with E-state index in [1.165, 1.54) is 12.4 Å². The van der Waals surface area contributed by atoms with E-state index in [9.17, 15) is 4.79 Å². The molecule has 1 aromatic rings. The van der Waals surface area contributed by atoms with Crippen LogP contribution >= 0.6 is 0 Å². The minimum Gasteiger partial charge on any atom is -0.458 e. The standard InChI is InChI=1S/C13H20BN3O5/c1-13(2,3)22-12(18)17-5-4-10(8-17)21-11-15-6-9(7-16-11)14(19)20/h6-7,10,19-20H,4-5,8H2,1-3H3/t10-/m0/s1. The molecule has 0 saturated carbocycles. The molecule has 0 radical (unpaired) electrons. The molecule has 2 rings (SSSR count). The molecule has 8 nitrogen and oxygen atoms in total. The predicted octanol–water partition coefficient (Wildman–Crippen LogP) is -0.455. The van der Waals surface area contributed by atoms with E-state index in [1.54, 1.807) is 4.90 Å². The molecule has 22 heavy (non-hydrogen) atoms. The van der Waals surface area contributed by atoms with Crippen LogP contribution in [0.15, 0.2) is 12.4 Å². The summed E-state index contributed by atoms with van der Waals surface area (Å²) in [5, 5.41) is 17.9. The highest BCUT2D eigenvalue weighted by Crippen LogP contribution is 2.17. The molecule has 1 aliphatic rings. The quantitative estimate of drug-likeness (QED) is 0.728. The fourth-order valence-electron chi connectivity index (χ4n) is 1.99. The summed E-state index contributed by atoms with van der Waals surface area (Å²) in [7, 11) is -1.61. The van der Waals surface area contributed by atoms with Gasteiger partial charge in [-0.3, -0.25) is 0 Å². The van der Waals surface area contributed by atoms with Crippen LogP contribution in [0.1, 0.15) is 27.2 Å². The molecular weight excluding hydrogens is 289 g/mol. The Hall–Kier alpha value is -1.87. The number of rotatable bonds is 3. The lowest BCUT2D eigenvalue weighted by molar-refractivity contribution is 0.0274. The minimum atomic E-state index is -1.61. The lowest BCUT2D eigenvalue weighted by atomic mass is 9.83. The highest BCUT2D eigenvalue weighted by atomic mass is 16.6. The van der Waals surface area contributed by atoms with Crippen molar-refractivity contribution >= 4 is 18.7 Å². The first-order chi connectivity index (χ1) is 10.2. The van der Waals surface area contributed by atoms with Crippen LogP contribution in [0.5, 0.6) is 6.01 Å². The number of carbonyl (C=O) groups is 1. The van der Waals surface area contributed by atoms with Crippen LogP contribution in [0.3, 0.4) is 0 Å². The van der Waals surface area contributed by atoms with Crippen LogP contribution in [-0.4, -0.2) is 62.9 Å². The largest absolute Gasteiger partial charge is 0.491 e. The first-order valence-electron chi connectivity index (χ1n) is 7.07. The third-order valence-electron chi connectivity index (χ3n) is 3.02. The molecule has 0 aromatic carbocycles. The fourth-order valence-corrected chi connectivity index (χ4v) is 1.99. The first kappa shape index (κ1) is 16.5. The molecule has 1 aromatic heterocycles. The summed E-state index contributed by atoms with van der Waals surface area (Å²) in [5.74, 6) is 0. The highest BCUT2D eigenvalue weighted by Gasteiger charge is 2.31. The molecule has 1 atom stereocenters. The Morgan fingerprint density at radius 2 is 2.00 bits per heavy atom. The second kappa shape index (κ2) is 6.49. The van der Waals surface area contributed by atoms with Gasteiger partial charge < -0.3 is 24.4 Å². The molecule has 0 spiro atoms. The van der Waals surface area contributed by atoms with Crippen molar-refractivity contribution in [3.8, 4) is 6.01 Å². The van der Waals surface area contributed by atoms with Crippen LogP contribution in [0.2, 0.25) is 0 Å². The maximum atomic E-state index is 11.9. The van der Waals surface area contributed by atoms with Gasteiger partial charge in [0.1, 0.15) is 11.7 Å². The average Bonchev–Trinajstić information content (AvgIpc) is 2.86. The van der Waals surface area contributed by atoms with E-state index in [0.29, 0.717) is 19.5 Å². The molecule has 0 bridgehead atoms. The van der Waals surface area contributed by atoms with E-state index >= 15 is 0 Å². The molecule has 120 valence electrons. The van der Waals surface area contributed by atoms with Gasteiger partial charge in [0.15, 0.2) is 0 Å². The van der Waals surface area contributed by atoms with Crippen molar-refractivity contribution in [2.45, 2.75) is 38.9 Å². The van der Waals surface area contributed by atoms with Crippen molar-refractivity contribution < 1.29 is 24.3 Å². The van der Waals surface area contributed by atoms with Crippen LogP contribution in [-0.2, 0) is 4.74 Å². The third kappa shape index (κ3) is 4.57. The van der Waals surface area contributed by atoms with Gasteiger partial charge in [0, 0.05) is 30.8 Å². The summed E-state index contributed by atoms with van der Waals surface area (Å²) in [6.07, 6.45) is 2.66. The number of likely N-dealkylation sites (tertiary alicyclic amines) is 1. The molecule has 9 heteroatoms. The van der Waals surface area contributed by atoms with Crippen molar-refractivity contribution in [1.29, 1.82) is 0 Å². The Bertz CT molecular complexity index is 517. The SMILES string of the molecule is CC(C)(C)OC(=O)N1CC[C@H](Oc2ncc(B(O)O)cn2)C1. The second-order valence-corrected chi connectivity index (χ2v) is 6.13. The number of hydrogen-bond acceptors (Lipinski definition) is 7. The Labute approximate surface area is 129 Å². The normalized spacial score (nSPS) is 18.2. The summed E-state index contributed by atoms with van der Waals surface area (Å²) in [6.45, 7) is 6.41. The van der Waals surface area contributed by atoms with E-state index in [0.717, 1.165) is 0 Å². The molecule has 0 unspecified atom stereocenters.